The molecule has 16 nitrogen and oxygen atoms in total. The first kappa shape index (κ1) is 59.3. The van der Waals surface area contributed by atoms with Gasteiger partial charge in [0.15, 0.2) is 0 Å². The minimum absolute atomic E-state index is 0.0533. The zero-order valence-electron chi connectivity index (χ0n) is 36.1. The fourth-order valence-electron chi connectivity index (χ4n) is 4.86. The van der Waals surface area contributed by atoms with Gasteiger partial charge in [-0.2, -0.15) is 12.6 Å². The molecule has 4 amide bonds. The van der Waals surface area contributed by atoms with Gasteiger partial charge in [0.2, 0.25) is 23.6 Å². The van der Waals surface area contributed by atoms with Crippen molar-refractivity contribution < 1.29 is 57.9 Å². The number of carbonyl (C=O) groups excluding carboxylic acids is 4. The Hall–Kier alpha value is -2.99. The van der Waals surface area contributed by atoms with Crippen LogP contribution in [0.4, 0.5) is 0 Å². The second kappa shape index (κ2) is 50.2. The topological polar surface area (TPSA) is 228 Å². The second-order valence-electron chi connectivity index (χ2n) is 13.5. The lowest BCUT2D eigenvalue weighted by Crippen LogP contribution is -2.31. The van der Waals surface area contributed by atoms with Crippen LogP contribution in [-0.4, -0.2) is 131 Å². The van der Waals surface area contributed by atoms with E-state index >= 15 is 0 Å². The molecule has 58 heavy (non-hydrogen) atoms. The molecule has 0 aromatic carbocycles. The lowest BCUT2D eigenvalue weighted by molar-refractivity contribution is -0.138. The van der Waals surface area contributed by atoms with Crippen molar-refractivity contribution in [2.24, 2.45) is 0 Å². The highest BCUT2D eigenvalue weighted by atomic mass is 32.1. The van der Waals surface area contributed by atoms with Crippen LogP contribution < -0.4 is 21.3 Å². The molecule has 6 N–H and O–H groups in total. The van der Waals surface area contributed by atoms with Crippen molar-refractivity contribution in [2.75, 3.05) is 84.8 Å². The summed E-state index contributed by atoms with van der Waals surface area (Å²) in [6.45, 7) is 8.86. The summed E-state index contributed by atoms with van der Waals surface area (Å²) in [5.74, 6) is -1.56. The predicted molar refractivity (Wildman–Crippen MR) is 229 cm³/mol. The average molecular weight is 853 g/mol. The van der Waals surface area contributed by atoms with E-state index in [1.54, 1.807) is 0 Å². The first-order valence-electron chi connectivity index (χ1n) is 21.5. The molecule has 0 aliphatic heterocycles. The van der Waals surface area contributed by atoms with Crippen LogP contribution in [0.3, 0.4) is 0 Å². The van der Waals surface area contributed by atoms with Crippen LogP contribution in [-0.2, 0) is 47.7 Å². The molecule has 0 aliphatic rings. The van der Waals surface area contributed by atoms with Gasteiger partial charge >= 0.3 is 11.9 Å². The minimum Gasteiger partial charge on any atom is -0.481 e. The zero-order chi connectivity index (χ0) is 43.7. The van der Waals surface area contributed by atoms with Crippen LogP contribution in [0.25, 0.3) is 0 Å². The van der Waals surface area contributed by atoms with E-state index in [-0.39, 0.29) is 69.6 Å². The van der Waals surface area contributed by atoms with Crippen molar-refractivity contribution in [2.45, 2.75) is 143 Å². The highest BCUT2D eigenvalue weighted by molar-refractivity contribution is 7.80. The molecule has 0 radical (unpaired) electrons. The van der Waals surface area contributed by atoms with Gasteiger partial charge in [-0.15, -0.1) is 0 Å². The fourth-order valence-corrected chi connectivity index (χ4v) is 4.86. The van der Waals surface area contributed by atoms with Gasteiger partial charge < -0.3 is 50.4 Å². The minimum atomic E-state index is -1.08. The van der Waals surface area contributed by atoms with Crippen LogP contribution >= 0.6 is 12.6 Å². The van der Waals surface area contributed by atoms with Crippen LogP contribution in [0.2, 0.25) is 0 Å². The van der Waals surface area contributed by atoms with Gasteiger partial charge in [-0.3, -0.25) is 28.8 Å². The maximum atomic E-state index is 11.8. The van der Waals surface area contributed by atoms with Crippen molar-refractivity contribution in [1.82, 2.24) is 21.3 Å². The maximum Gasteiger partial charge on any atom is 0.322 e. The second-order valence-corrected chi connectivity index (χ2v) is 14.1. The number of aliphatic carboxylic acids is 2. The molecule has 0 bridgehead atoms. The van der Waals surface area contributed by atoms with Crippen LogP contribution in [0.1, 0.15) is 143 Å². The van der Waals surface area contributed by atoms with Crippen molar-refractivity contribution in [3.05, 3.63) is 0 Å². The van der Waals surface area contributed by atoms with E-state index in [2.05, 4.69) is 47.7 Å². The van der Waals surface area contributed by atoms with Gasteiger partial charge in [0.05, 0.1) is 39.6 Å². The Morgan fingerprint density at radius 1 is 0.414 bits per heavy atom. The van der Waals surface area contributed by atoms with Crippen LogP contribution in [0, 0.1) is 0 Å². The van der Waals surface area contributed by atoms with Gasteiger partial charge in [-0.25, -0.2) is 0 Å². The molecule has 0 rings (SSSR count). The third-order valence-electron chi connectivity index (χ3n) is 7.94. The van der Waals surface area contributed by atoms with Gasteiger partial charge in [0, 0.05) is 38.9 Å². The number of carbonyl (C=O) groups is 6. The molecule has 0 saturated heterocycles. The van der Waals surface area contributed by atoms with E-state index in [0.717, 1.165) is 37.9 Å². The Bertz CT molecular complexity index is 995. The molecule has 342 valence electrons. The molecule has 0 heterocycles. The Morgan fingerprint density at radius 3 is 1.22 bits per heavy atom. The predicted octanol–water partition coefficient (Wildman–Crippen LogP) is 5.06. The highest BCUT2D eigenvalue weighted by Crippen LogP contribution is 2.08. The number of carboxylic acids is 2. The summed E-state index contributed by atoms with van der Waals surface area (Å²) >= 11 is 3.79. The largest absolute Gasteiger partial charge is 0.481 e. The molecule has 0 aromatic rings. The number of nitrogens with one attached hydrogen (secondary N) is 4. The third kappa shape index (κ3) is 57.3. The van der Waals surface area contributed by atoms with E-state index in [4.69, 9.17) is 29.2 Å². The van der Waals surface area contributed by atoms with Crippen molar-refractivity contribution in [3.8, 4) is 0 Å². The fraction of sp³-hybridized carbons (Fsp3) is 0.854. The van der Waals surface area contributed by atoms with Gasteiger partial charge in [-0.1, -0.05) is 97.8 Å². The molecular weight excluding hydrogens is 773 g/mol. The summed E-state index contributed by atoms with van der Waals surface area (Å²) in [6, 6.07) is 0. The Kier molecular flexibility index (Phi) is 51.3. The van der Waals surface area contributed by atoms with E-state index in [1.807, 2.05) is 6.92 Å². The average Bonchev–Trinajstić information content (AvgIpc) is 3.18. The number of unbranched alkanes of at least 4 members (excludes halogenated alkanes) is 13. The number of rotatable bonds is 39. The van der Waals surface area contributed by atoms with Crippen LogP contribution in [0.15, 0.2) is 0 Å². The van der Waals surface area contributed by atoms with Gasteiger partial charge in [0.25, 0.3) is 0 Å². The number of hydrogen-bond acceptors (Lipinski definition) is 11. The maximum absolute atomic E-state index is 11.8. The summed E-state index contributed by atoms with van der Waals surface area (Å²) in [5, 5.41) is 27.3. The standard InChI is InChI=1S/C30H56N4O10.C9H18O2.C2H6S/c1-2-3-4-5-6-7-9-12-26(35)32-15-17-41-19-22-44-25-29(38)33-16-18-42-20-21-43-24-28(37)31-14-11-8-10-13-27(36)34-23-30(39)40;1-2-3-4-5-6-7-8-9(10)11;1-2-3/h2-25H2,1H3,(H,31,37)(H,32,35)(H,33,38)(H,34,36)(H,39,40);2-8H2,1H3,(H,10,11);3H,2H2,1H3. The highest BCUT2D eigenvalue weighted by Gasteiger charge is 2.06. The zero-order valence-corrected chi connectivity index (χ0v) is 36.9. The smallest absolute Gasteiger partial charge is 0.322 e. The number of hydrogen-bond donors (Lipinski definition) is 7. The third-order valence-corrected chi connectivity index (χ3v) is 7.94. The molecule has 0 saturated carbocycles. The number of ether oxygens (including phenoxy) is 4. The van der Waals surface area contributed by atoms with Crippen LogP contribution in [0.5, 0.6) is 0 Å². The summed E-state index contributed by atoms with van der Waals surface area (Å²) in [7, 11) is 0. The molecule has 17 heteroatoms. The SMILES string of the molecule is CCCCCCCCC(=O)O.CCCCCCCCCC(=O)NCCOCCOCC(=O)NCCOCCOCC(=O)NCCCCCC(=O)NCC(=O)O.CCS. The van der Waals surface area contributed by atoms with E-state index < -0.39 is 11.9 Å². The monoisotopic (exact) mass is 853 g/mol. The quantitative estimate of drug-likeness (QED) is 0.0318. The molecule has 0 fully saturated rings. The van der Waals surface area contributed by atoms with Gasteiger partial charge in [-0.05, 0) is 31.4 Å². The summed E-state index contributed by atoms with van der Waals surface area (Å²) in [5.41, 5.74) is 0. The van der Waals surface area contributed by atoms with E-state index in [9.17, 15) is 28.8 Å². The van der Waals surface area contributed by atoms with E-state index in [0.29, 0.717) is 65.1 Å². The first-order chi connectivity index (χ1) is 28.0. The summed E-state index contributed by atoms with van der Waals surface area (Å²) in [4.78, 5) is 67.1. The van der Waals surface area contributed by atoms with Gasteiger partial charge in [0.1, 0.15) is 19.8 Å². The lowest BCUT2D eigenvalue weighted by Gasteiger charge is -2.09. The molecule has 0 aromatic heterocycles. The number of thiol groups is 1. The Balaban J connectivity index is -0.00000183. The van der Waals surface area contributed by atoms with Crippen molar-refractivity contribution >= 4 is 48.2 Å². The number of amides is 4. The van der Waals surface area contributed by atoms with Crippen molar-refractivity contribution in [1.29, 1.82) is 0 Å². The van der Waals surface area contributed by atoms with E-state index in [1.165, 1.54) is 57.8 Å². The molecule has 0 aliphatic carbocycles. The van der Waals surface area contributed by atoms with Crippen molar-refractivity contribution in [3.63, 3.8) is 0 Å². The Morgan fingerprint density at radius 2 is 0.776 bits per heavy atom. The molecule has 0 atom stereocenters. The summed E-state index contributed by atoms with van der Waals surface area (Å²) < 4.78 is 21.3. The molecular formula is C41H80N4O12S. The molecule has 0 unspecified atom stereocenters. The first-order valence-corrected chi connectivity index (χ1v) is 22.1. The lowest BCUT2D eigenvalue weighted by atomic mass is 10.1. The summed E-state index contributed by atoms with van der Waals surface area (Å²) in [6.07, 6.45) is 18.4. The number of carboxylic acid groups (broad SMARTS) is 2. The Labute approximate surface area is 354 Å². The molecule has 0 spiro atoms. The normalized spacial score (nSPS) is 10.3.